The van der Waals surface area contributed by atoms with E-state index in [2.05, 4.69) is 66.7 Å². The van der Waals surface area contributed by atoms with Crippen LogP contribution in [0.15, 0.2) is 36.4 Å². The van der Waals surface area contributed by atoms with Crippen molar-refractivity contribution in [2.45, 2.75) is 73.1 Å². The number of carboxylic acid groups (broad SMARTS) is 1. The molecule has 1 unspecified atom stereocenters. The first-order valence-corrected chi connectivity index (χ1v) is 11.6. The SMILES string of the molecule is CCC(COc1ccc(C(CC)(CC)c2ccc(C(=O)O)c(Cl)c2)cc1C)C(C)(C)C. The number of benzene rings is 2. The second-order valence-corrected chi connectivity index (χ2v) is 9.96. The fourth-order valence-corrected chi connectivity index (χ4v) is 4.76. The normalized spacial score (nSPS) is 13.2. The number of rotatable bonds is 9. The molecule has 0 aliphatic heterocycles. The van der Waals surface area contributed by atoms with Crippen LogP contribution in [0.2, 0.25) is 5.02 Å². The molecule has 31 heavy (non-hydrogen) atoms. The Morgan fingerprint density at radius 1 is 1.03 bits per heavy atom. The molecule has 0 saturated carbocycles. The Morgan fingerprint density at radius 2 is 1.61 bits per heavy atom. The van der Waals surface area contributed by atoms with Crippen LogP contribution < -0.4 is 4.74 Å². The van der Waals surface area contributed by atoms with E-state index >= 15 is 0 Å². The van der Waals surface area contributed by atoms with Gasteiger partial charge in [-0.3, -0.25) is 0 Å². The lowest BCUT2D eigenvalue weighted by atomic mass is 9.70. The Morgan fingerprint density at radius 3 is 2.06 bits per heavy atom. The van der Waals surface area contributed by atoms with Gasteiger partial charge in [0.2, 0.25) is 0 Å². The highest BCUT2D eigenvalue weighted by Crippen LogP contribution is 2.41. The molecule has 170 valence electrons. The molecule has 0 aliphatic carbocycles. The van der Waals surface area contributed by atoms with E-state index in [0.29, 0.717) is 12.5 Å². The van der Waals surface area contributed by atoms with Gasteiger partial charge < -0.3 is 9.84 Å². The van der Waals surface area contributed by atoms with Crippen molar-refractivity contribution in [1.82, 2.24) is 0 Å². The largest absolute Gasteiger partial charge is 0.493 e. The highest BCUT2D eigenvalue weighted by atomic mass is 35.5. The minimum absolute atomic E-state index is 0.135. The number of ether oxygens (including phenoxy) is 1. The van der Waals surface area contributed by atoms with Gasteiger partial charge in [-0.05, 0) is 72.4 Å². The van der Waals surface area contributed by atoms with Gasteiger partial charge in [-0.25, -0.2) is 4.79 Å². The Labute approximate surface area is 192 Å². The van der Waals surface area contributed by atoms with Crippen molar-refractivity contribution in [3.63, 3.8) is 0 Å². The molecule has 0 bridgehead atoms. The fraction of sp³-hybridized carbons (Fsp3) is 0.519. The average molecular weight is 445 g/mol. The third-order valence-corrected chi connectivity index (χ3v) is 7.16. The molecule has 0 radical (unpaired) electrons. The predicted octanol–water partition coefficient (Wildman–Crippen LogP) is 7.90. The number of carboxylic acids is 1. The molecule has 2 aromatic carbocycles. The van der Waals surface area contributed by atoms with E-state index in [1.807, 2.05) is 12.1 Å². The second kappa shape index (κ2) is 10.1. The number of hydrogen-bond acceptors (Lipinski definition) is 2. The molecule has 0 aromatic heterocycles. The molecule has 1 N–H and O–H groups in total. The summed E-state index contributed by atoms with van der Waals surface area (Å²) < 4.78 is 6.23. The summed E-state index contributed by atoms with van der Waals surface area (Å²) in [7, 11) is 0. The topological polar surface area (TPSA) is 46.5 Å². The van der Waals surface area contributed by atoms with Crippen LogP contribution in [-0.4, -0.2) is 17.7 Å². The van der Waals surface area contributed by atoms with Crippen molar-refractivity contribution in [2.75, 3.05) is 6.61 Å². The maximum atomic E-state index is 11.4. The summed E-state index contributed by atoms with van der Waals surface area (Å²) in [5.74, 6) is 0.409. The maximum Gasteiger partial charge on any atom is 0.337 e. The van der Waals surface area contributed by atoms with Crippen LogP contribution in [0.4, 0.5) is 0 Å². The third-order valence-electron chi connectivity index (χ3n) is 6.84. The molecule has 4 heteroatoms. The molecular weight excluding hydrogens is 408 g/mol. The monoisotopic (exact) mass is 444 g/mol. The van der Waals surface area contributed by atoms with Gasteiger partial charge in [0.25, 0.3) is 0 Å². The van der Waals surface area contributed by atoms with E-state index < -0.39 is 5.97 Å². The van der Waals surface area contributed by atoms with Gasteiger partial charge in [0.05, 0.1) is 17.2 Å². The van der Waals surface area contributed by atoms with Crippen molar-refractivity contribution in [3.05, 3.63) is 63.7 Å². The molecule has 2 aromatic rings. The first-order valence-electron chi connectivity index (χ1n) is 11.3. The molecule has 0 amide bonds. The van der Waals surface area contributed by atoms with Gasteiger partial charge in [0.1, 0.15) is 5.75 Å². The number of aromatic carboxylic acids is 1. The molecule has 0 saturated heterocycles. The van der Waals surface area contributed by atoms with E-state index in [0.717, 1.165) is 36.1 Å². The van der Waals surface area contributed by atoms with Gasteiger partial charge >= 0.3 is 5.97 Å². The molecule has 0 aliphatic rings. The van der Waals surface area contributed by atoms with Gasteiger partial charge in [-0.2, -0.15) is 0 Å². The van der Waals surface area contributed by atoms with Crippen LogP contribution in [-0.2, 0) is 5.41 Å². The lowest BCUT2D eigenvalue weighted by Gasteiger charge is -2.34. The Balaban J connectivity index is 2.39. The average Bonchev–Trinajstić information content (AvgIpc) is 2.70. The number of hydrogen-bond donors (Lipinski definition) is 1. The smallest absolute Gasteiger partial charge is 0.337 e. The zero-order valence-corrected chi connectivity index (χ0v) is 20.8. The van der Waals surface area contributed by atoms with Crippen LogP contribution in [0.5, 0.6) is 5.75 Å². The lowest BCUT2D eigenvalue weighted by molar-refractivity contribution is 0.0697. The maximum absolute atomic E-state index is 11.4. The lowest BCUT2D eigenvalue weighted by Crippen LogP contribution is -2.27. The summed E-state index contributed by atoms with van der Waals surface area (Å²) in [4.78, 5) is 11.4. The second-order valence-electron chi connectivity index (χ2n) is 9.55. The van der Waals surface area contributed by atoms with Crippen LogP contribution >= 0.6 is 11.6 Å². The van der Waals surface area contributed by atoms with E-state index in [1.54, 1.807) is 6.07 Å². The summed E-state index contributed by atoms with van der Waals surface area (Å²) >= 11 is 6.31. The van der Waals surface area contributed by atoms with Crippen molar-refractivity contribution < 1.29 is 14.6 Å². The van der Waals surface area contributed by atoms with E-state index in [9.17, 15) is 9.90 Å². The van der Waals surface area contributed by atoms with Crippen LogP contribution in [0.3, 0.4) is 0 Å². The van der Waals surface area contributed by atoms with Crippen molar-refractivity contribution in [1.29, 1.82) is 0 Å². The molecule has 0 fully saturated rings. The molecule has 0 spiro atoms. The standard InChI is InChI=1S/C27H37ClO3/c1-8-19(26(5,6)7)17-31-24-14-12-20(15-18(24)4)27(9-2,10-3)21-11-13-22(25(29)30)23(28)16-21/h11-16,19H,8-10,17H2,1-7H3,(H,29,30). The zero-order valence-electron chi connectivity index (χ0n) is 20.0. The van der Waals surface area contributed by atoms with Crippen LogP contribution in [0, 0.1) is 18.3 Å². The van der Waals surface area contributed by atoms with E-state index in [4.69, 9.17) is 16.3 Å². The zero-order chi connectivity index (χ0) is 23.4. The summed E-state index contributed by atoms with van der Waals surface area (Å²) in [6, 6.07) is 11.8. The molecule has 2 rings (SSSR count). The van der Waals surface area contributed by atoms with Crippen molar-refractivity contribution >= 4 is 17.6 Å². The van der Waals surface area contributed by atoms with Crippen LogP contribution in [0.1, 0.15) is 87.9 Å². The van der Waals surface area contributed by atoms with Crippen LogP contribution in [0.25, 0.3) is 0 Å². The highest BCUT2D eigenvalue weighted by molar-refractivity contribution is 6.33. The summed E-state index contributed by atoms with van der Waals surface area (Å²) in [6.45, 7) is 16.1. The Kier molecular flexibility index (Phi) is 8.21. The van der Waals surface area contributed by atoms with Crippen molar-refractivity contribution in [3.8, 4) is 5.75 Å². The minimum Gasteiger partial charge on any atom is -0.493 e. The fourth-order valence-electron chi connectivity index (χ4n) is 4.50. The van der Waals surface area contributed by atoms with Gasteiger partial charge in [-0.1, -0.05) is 71.3 Å². The van der Waals surface area contributed by atoms with E-state index in [-0.39, 0.29) is 21.4 Å². The van der Waals surface area contributed by atoms with Gasteiger partial charge in [0.15, 0.2) is 0 Å². The Hall–Kier alpha value is -2.00. The molecule has 1 atom stereocenters. The first-order chi connectivity index (χ1) is 14.5. The highest BCUT2D eigenvalue weighted by Gasteiger charge is 2.32. The number of aryl methyl sites for hydroxylation is 1. The summed E-state index contributed by atoms with van der Waals surface area (Å²) in [6.07, 6.45) is 2.85. The molecular formula is C27H37ClO3. The summed E-state index contributed by atoms with van der Waals surface area (Å²) in [5, 5.41) is 9.60. The third kappa shape index (κ3) is 5.44. The van der Waals surface area contributed by atoms with Gasteiger partial charge in [-0.15, -0.1) is 0 Å². The minimum atomic E-state index is -1.01. The van der Waals surface area contributed by atoms with E-state index in [1.165, 1.54) is 5.56 Å². The van der Waals surface area contributed by atoms with Gasteiger partial charge in [0, 0.05) is 5.41 Å². The molecule has 0 heterocycles. The number of halogens is 1. The molecule has 3 nitrogen and oxygen atoms in total. The van der Waals surface area contributed by atoms with Crippen molar-refractivity contribution in [2.24, 2.45) is 11.3 Å². The predicted molar refractivity (Wildman–Crippen MR) is 130 cm³/mol. The summed E-state index contributed by atoms with van der Waals surface area (Å²) in [5.41, 5.74) is 3.46. The number of carbonyl (C=O) groups is 1. The first kappa shape index (κ1) is 25.3. The quantitative estimate of drug-likeness (QED) is 0.427. The Bertz CT molecular complexity index is 907.